The second kappa shape index (κ2) is 4.89. The Morgan fingerprint density at radius 1 is 1.53 bits per heavy atom. The zero-order valence-electron chi connectivity index (χ0n) is 8.57. The summed E-state index contributed by atoms with van der Waals surface area (Å²) in [4.78, 5) is 15.1. The van der Waals surface area contributed by atoms with Crippen molar-refractivity contribution < 1.29 is 4.79 Å². The number of rotatable bonds is 4. The molecule has 80 valence electrons. The summed E-state index contributed by atoms with van der Waals surface area (Å²) < 4.78 is 0. The van der Waals surface area contributed by atoms with Crippen molar-refractivity contribution in [1.82, 2.24) is 15.6 Å². The van der Waals surface area contributed by atoms with Gasteiger partial charge in [-0.3, -0.25) is 9.78 Å². The third kappa shape index (κ3) is 3.02. The van der Waals surface area contributed by atoms with E-state index in [1.54, 1.807) is 6.20 Å². The molecule has 0 bridgehead atoms. The molecule has 2 rings (SSSR count). The number of pyridine rings is 1. The summed E-state index contributed by atoms with van der Waals surface area (Å²) in [7, 11) is 0. The molecule has 4 nitrogen and oxygen atoms in total. The summed E-state index contributed by atoms with van der Waals surface area (Å²) in [6, 6.07) is 6.16. The highest BCUT2D eigenvalue weighted by atomic mass is 16.1. The van der Waals surface area contributed by atoms with Gasteiger partial charge in [0.1, 0.15) is 0 Å². The number of nitrogens with zero attached hydrogens (tertiary/aromatic N) is 1. The number of amides is 1. The first kappa shape index (κ1) is 10.1. The van der Waals surface area contributed by atoms with E-state index in [9.17, 15) is 4.79 Å². The van der Waals surface area contributed by atoms with Gasteiger partial charge in [0.25, 0.3) is 0 Å². The molecule has 15 heavy (non-hydrogen) atoms. The van der Waals surface area contributed by atoms with Gasteiger partial charge in [0, 0.05) is 31.7 Å². The number of aromatic nitrogens is 1. The molecule has 1 aliphatic rings. The van der Waals surface area contributed by atoms with E-state index in [1.807, 2.05) is 18.2 Å². The minimum atomic E-state index is 0.166. The van der Waals surface area contributed by atoms with Gasteiger partial charge in [-0.15, -0.1) is 0 Å². The van der Waals surface area contributed by atoms with Crippen molar-refractivity contribution in [1.29, 1.82) is 0 Å². The van der Waals surface area contributed by atoms with Crippen LogP contribution >= 0.6 is 0 Å². The molecular weight excluding hydrogens is 190 g/mol. The molecule has 2 heterocycles. The molecule has 1 saturated heterocycles. The zero-order valence-corrected chi connectivity index (χ0v) is 8.57. The van der Waals surface area contributed by atoms with Crippen LogP contribution in [0.15, 0.2) is 24.4 Å². The van der Waals surface area contributed by atoms with E-state index in [-0.39, 0.29) is 5.91 Å². The Balaban J connectivity index is 1.69. The first-order valence-corrected chi connectivity index (χ1v) is 5.24. The van der Waals surface area contributed by atoms with Crippen molar-refractivity contribution in [2.45, 2.75) is 25.4 Å². The van der Waals surface area contributed by atoms with Gasteiger partial charge in [-0.25, -0.2) is 0 Å². The Bertz CT molecular complexity index is 326. The molecule has 4 heteroatoms. The summed E-state index contributed by atoms with van der Waals surface area (Å²) in [5, 5.41) is 6.21. The Kier molecular flexibility index (Phi) is 3.29. The minimum Gasteiger partial charge on any atom is -0.352 e. The highest BCUT2D eigenvalue weighted by molar-refractivity contribution is 5.78. The summed E-state index contributed by atoms with van der Waals surface area (Å²) in [6.45, 7) is 1.58. The molecular formula is C11H15N3O. The maximum absolute atomic E-state index is 10.9. The van der Waals surface area contributed by atoms with Crippen LogP contribution in [0.3, 0.4) is 0 Å². The van der Waals surface area contributed by atoms with Crippen LogP contribution in [-0.2, 0) is 11.3 Å². The average Bonchev–Trinajstić information content (AvgIpc) is 2.66. The molecule has 1 atom stereocenters. The van der Waals surface area contributed by atoms with Crippen molar-refractivity contribution in [3.63, 3.8) is 0 Å². The van der Waals surface area contributed by atoms with Crippen molar-refractivity contribution in [3.05, 3.63) is 30.1 Å². The van der Waals surface area contributed by atoms with Crippen LogP contribution in [0.5, 0.6) is 0 Å². The number of nitrogens with one attached hydrogen (secondary N) is 2. The van der Waals surface area contributed by atoms with Crippen LogP contribution in [0.4, 0.5) is 0 Å². The second-order valence-electron chi connectivity index (χ2n) is 3.76. The predicted octanol–water partition coefficient (Wildman–Crippen LogP) is 0.450. The smallest absolute Gasteiger partial charge is 0.220 e. The number of carbonyl (C=O) groups is 1. The van der Waals surface area contributed by atoms with Crippen LogP contribution in [0.1, 0.15) is 18.5 Å². The van der Waals surface area contributed by atoms with Gasteiger partial charge < -0.3 is 10.6 Å². The molecule has 0 saturated carbocycles. The lowest BCUT2D eigenvalue weighted by atomic mass is 10.2. The SMILES string of the molecule is O=C1CCC(CNCc2ccccn2)N1. The molecule has 0 spiro atoms. The third-order valence-corrected chi connectivity index (χ3v) is 2.51. The van der Waals surface area contributed by atoms with Gasteiger partial charge in [-0.05, 0) is 18.6 Å². The quantitative estimate of drug-likeness (QED) is 0.750. The zero-order chi connectivity index (χ0) is 10.5. The summed E-state index contributed by atoms with van der Waals surface area (Å²) in [5.74, 6) is 0.166. The standard InChI is InChI=1S/C11H15N3O/c15-11-5-4-10(14-11)8-12-7-9-3-1-2-6-13-9/h1-3,6,10,12H,4-5,7-8H2,(H,14,15). The molecule has 1 aliphatic heterocycles. The first-order valence-electron chi connectivity index (χ1n) is 5.24. The lowest BCUT2D eigenvalue weighted by molar-refractivity contribution is -0.119. The van der Waals surface area contributed by atoms with Gasteiger partial charge in [-0.1, -0.05) is 6.07 Å². The Labute approximate surface area is 89.1 Å². The van der Waals surface area contributed by atoms with E-state index < -0.39 is 0 Å². The number of hydrogen-bond acceptors (Lipinski definition) is 3. The summed E-state index contributed by atoms with van der Waals surface area (Å²) in [5.41, 5.74) is 1.03. The fourth-order valence-electron chi connectivity index (χ4n) is 1.71. The Hall–Kier alpha value is -1.42. The van der Waals surface area contributed by atoms with E-state index in [1.165, 1.54) is 0 Å². The monoisotopic (exact) mass is 205 g/mol. The van der Waals surface area contributed by atoms with Crippen LogP contribution < -0.4 is 10.6 Å². The van der Waals surface area contributed by atoms with Crippen LogP contribution in [0.25, 0.3) is 0 Å². The van der Waals surface area contributed by atoms with E-state index in [4.69, 9.17) is 0 Å². The largest absolute Gasteiger partial charge is 0.352 e. The molecule has 1 amide bonds. The molecule has 0 radical (unpaired) electrons. The summed E-state index contributed by atoms with van der Waals surface area (Å²) >= 11 is 0. The molecule has 0 aromatic carbocycles. The molecule has 1 aromatic rings. The van der Waals surface area contributed by atoms with Crippen LogP contribution in [0.2, 0.25) is 0 Å². The van der Waals surface area contributed by atoms with Gasteiger partial charge in [0.15, 0.2) is 0 Å². The maximum atomic E-state index is 10.9. The Morgan fingerprint density at radius 3 is 3.13 bits per heavy atom. The molecule has 0 aliphatic carbocycles. The lowest BCUT2D eigenvalue weighted by Gasteiger charge is -2.10. The van der Waals surface area contributed by atoms with Crippen molar-refractivity contribution >= 4 is 5.91 Å². The predicted molar refractivity (Wildman–Crippen MR) is 57.1 cm³/mol. The number of carbonyl (C=O) groups excluding carboxylic acids is 1. The fraction of sp³-hybridized carbons (Fsp3) is 0.455. The molecule has 2 N–H and O–H groups in total. The number of hydrogen-bond donors (Lipinski definition) is 2. The van der Waals surface area contributed by atoms with Crippen molar-refractivity contribution in [3.8, 4) is 0 Å². The van der Waals surface area contributed by atoms with Crippen LogP contribution in [0, 0.1) is 0 Å². The topological polar surface area (TPSA) is 54.0 Å². The molecule has 1 fully saturated rings. The third-order valence-electron chi connectivity index (χ3n) is 2.51. The van der Waals surface area contributed by atoms with Gasteiger partial charge in [0.2, 0.25) is 5.91 Å². The van der Waals surface area contributed by atoms with Crippen molar-refractivity contribution in [2.75, 3.05) is 6.54 Å². The van der Waals surface area contributed by atoms with E-state index in [2.05, 4.69) is 15.6 Å². The van der Waals surface area contributed by atoms with Gasteiger partial charge in [0.05, 0.1) is 5.69 Å². The Morgan fingerprint density at radius 2 is 2.47 bits per heavy atom. The second-order valence-corrected chi connectivity index (χ2v) is 3.76. The van der Waals surface area contributed by atoms with Gasteiger partial charge >= 0.3 is 0 Å². The van der Waals surface area contributed by atoms with Crippen molar-refractivity contribution in [2.24, 2.45) is 0 Å². The van der Waals surface area contributed by atoms with E-state index in [0.717, 1.165) is 25.2 Å². The normalized spacial score (nSPS) is 20.3. The molecule has 1 unspecified atom stereocenters. The average molecular weight is 205 g/mol. The highest BCUT2D eigenvalue weighted by Crippen LogP contribution is 2.05. The van der Waals surface area contributed by atoms with Gasteiger partial charge in [-0.2, -0.15) is 0 Å². The minimum absolute atomic E-state index is 0.166. The van der Waals surface area contributed by atoms with E-state index in [0.29, 0.717) is 12.5 Å². The first-order chi connectivity index (χ1) is 7.34. The lowest BCUT2D eigenvalue weighted by Crippen LogP contribution is -2.35. The fourth-order valence-corrected chi connectivity index (χ4v) is 1.71. The van der Waals surface area contributed by atoms with E-state index >= 15 is 0 Å². The molecule has 1 aromatic heterocycles. The van der Waals surface area contributed by atoms with Crippen LogP contribution in [-0.4, -0.2) is 23.5 Å². The highest BCUT2D eigenvalue weighted by Gasteiger charge is 2.19. The summed E-state index contributed by atoms with van der Waals surface area (Å²) in [6.07, 6.45) is 3.39. The maximum Gasteiger partial charge on any atom is 0.220 e.